The zero-order valence-electron chi connectivity index (χ0n) is 16.8. The number of imidazole rings is 1. The van der Waals surface area contributed by atoms with Gasteiger partial charge in [0.15, 0.2) is 0 Å². The molecule has 6 nitrogen and oxygen atoms in total. The number of nitrogens with zero attached hydrogens (tertiary/aromatic N) is 2. The van der Waals surface area contributed by atoms with Gasteiger partial charge in [0.1, 0.15) is 11.6 Å². The van der Waals surface area contributed by atoms with Gasteiger partial charge in [-0.25, -0.2) is 4.98 Å². The molecule has 4 rings (SSSR count). The van der Waals surface area contributed by atoms with Crippen molar-refractivity contribution < 1.29 is 9.66 Å². The molecule has 0 atom stereocenters. The largest absolute Gasteiger partial charge is 0.494 e. The number of ether oxygens (including phenoxy) is 1. The molecular formula is C24H23N3O3. The summed E-state index contributed by atoms with van der Waals surface area (Å²) in [6, 6.07) is 20.8. The van der Waals surface area contributed by atoms with Crippen LogP contribution >= 0.6 is 0 Å². The maximum absolute atomic E-state index is 11.0. The highest BCUT2D eigenvalue weighted by atomic mass is 16.6. The molecule has 0 unspecified atom stereocenters. The van der Waals surface area contributed by atoms with Crippen LogP contribution in [0.25, 0.3) is 33.5 Å². The van der Waals surface area contributed by atoms with Crippen molar-refractivity contribution in [2.75, 3.05) is 6.61 Å². The minimum absolute atomic E-state index is 0.0471. The Labute approximate surface area is 174 Å². The third kappa shape index (κ3) is 4.33. The summed E-state index contributed by atoms with van der Waals surface area (Å²) in [7, 11) is 0. The second-order valence-electron chi connectivity index (χ2n) is 7.20. The molecule has 0 saturated heterocycles. The van der Waals surface area contributed by atoms with Crippen molar-refractivity contribution in [3.8, 4) is 28.3 Å². The van der Waals surface area contributed by atoms with Crippen molar-refractivity contribution in [1.82, 2.24) is 9.97 Å². The highest BCUT2D eigenvalue weighted by Gasteiger charge is 2.11. The highest BCUT2D eigenvalue weighted by molar-refractivity contribution is 5.82. The smallest absolute Gasteiger partial charge is 0.271 e. The SMILES string of the molecule is CCCCCOc1ccc(-c2ccc(-c3nc4ccc([N+](=O)[O-])cc4[nH]3)cc2)cc1. The maximum Gasteiger partial charge on any atom is 0.271 e. The molecule has 0 aliphatic heterocycles. The van der Waals surface area contributed by atoms with Crippen LogP contribution in [0.1, 0.15) is 26.2 Å². The second kappa shape index (κ2) is 8.78. The lowest BCUT2D eigenvalue weighted by Crippen LogP contribution is -1.96. The fourth-order valence-corrected chi connectivity index (χ4v) is 3.35. The van der Waals surface area contributed by atoms with Gasteiger partial charge in [-0.3, -0.25) is 10.1 Å². The molecule has 0 spiro atoms. The summed E-state index contributed by atoms with van der Waals surface area (Å²) in [4.78, 5) is 18.3. The van der Waals surface area contributed by atoms with E-state index < -0.39 is 4.92 Å². The summed E-state index contributed by atoms with van der Waals surface area (Å²) in [5.41, 5.74) is 4.54. The van der Waals surface area contributed by atoms with E-state index in [-0.39, 0.29) is 5.69 Å². The molecule has 30 heavy (non-hydrogen) atoms. The monoisotopic (exact) mass is 401 g/mol. The molecule has 0 radical (unpaired) electrons. The second-order valence-corrected chi connectivity index (χ2v) is 7.20. The Hall–Kier alpha value is -3.67. The number of benzene rings is 3. The fraction of sp³-hybridized carbons (Fsp3) is 0.208. The molecule has 0 aliphatic rings. The molecule has 1 heterocycles. The summed E-state index contributed by atoms with van der Waals surface area (Å²) in [5.74, 6) is 1.58. The van der Waals surface area contributed by atoms with Crippen LogP contribution < -0.4 is 4.74 Å². The lowest BCUT2D eigenvalue weighted by molar-refractivity contribution is -0.384. The number of hydrogen-bond donors (Lipinski definition) is 1. The van der Waals surface area contributed by atoms with Gasteiger partial charge in [0.2, 0.25) is 0 Å². The molecule has 4 aromatic rings. The number of unbranched alkanes of at least 4 members (excludes halogenated alkanes) is 2. The molecule has 152 valence electrons. The van der Waals surface area contributed by atoms with Gasteiger partial charge < -0.3 is 9.72 Å². The van der Waals surface area contributed by atoms with Crippen LogP contribution in [0.5, 0.6) is 5.75 Å². The Morgan fingerprint density at radius 3 is 2.27 bits per heavy atom. The van der Waals surface area contributed by atoms with Gasteiger partial charge >= 0.3 is 0 Å². The number of aromatic nitrogens is 2. The Morgan fingerprint density at radius 2 is 1.60 bits per heavy atom. The van der Waals surface area contributed by atoms with Gasteiger partial charge in [0, 0.05) is 17.7 Å². The number of non-ortho nitro benzene ring substituents is 1. The summed E-state index contributed by atoms with van der Waals surface area (Å²) in [5, 5.41) is 11.0. The van der Waals surface area contributed by atoms with Crippen molar-refractivity contribution in [3.05, 3.63) is 76.8 Å². The number of nitro benzene ring substituents is 1. The third-order valence-electron chi connectivity index (χ3n) is 5.04. The Morgan fingerprint density at radius 1 is 0.933 bits per heavy atom. The van der Waals surface area contributed by atoms with Crippen LogP contribution in [0, 0.1) is 10.1 Å². The highest BCUT2D eigenvalue weighted by Crippen LogP contribution is 2.27. The van der Waals surface area contributed by atoms with Crippen LogP contribution in [0.3, 0.4) is 0 Å². The van der Waals surface area contributed by atoms with Gasteiger partial charge in [-0.15, -0.1) is 0 Å². The molecule has 1 N–H and O–H groups in total. The molecule has 0 amide bonds. The molecule has 3 aromatic carbocycles. The Bertz CT molecular complexity index is 1150. The zero-order chi connectivity index (χ0) is 20.9. The lowest BCUT2D eigenvalue weighted by Gasteiger charge is -2.07. The van der Waals surface area contributed by atoms with Crippen molar-refractivity contribution in [1.29, 1.82) is 0 Å². The van der Waals surface area contributed by atoms with Gasteiger partial charge in [0.05, 0.1) is 22.6 Å². The minimum Gasteiger partial charge on any atom is -0.494 e. The average Bonchev–Trinajstić information content (AvgIpc) is 3.21. The van der Waals surface area contributed by atoms with Crippen molar-refractivity contribution in [2.24, 2.45) is 0 Å². The van der Waals surface area contributed by atoms with Gasteiger partial charge in [-0.1, -0.05) is 56.2 Å². The zero-order valence-corrected chi connectivity index (χ0v) is 16.8. The normalized spacial score (nSPS) is 11.0. The first-order valence-corrected chi connectivity index (χ1v) is 10.1. The number of aromatic amines is 1. The molecule has 0 fully saturated rings. The van der Waals surface area contributed by atoms with E-state index in [0.717, 1.165) is 35.5 Å². The standard InChI is InChI=1S/C24H23N3O3/c1-2-3-4-15-30-21-12-9-18(10-13-21)17-5-7-19(8-6-17)24-25-22-14-11-20(27(28)29)16-23(22)26-24/h5-14,16H,2-4,15H2,1H3,(H,25,26). The van der Waals surface area contributed by atoms with E-state index in [1.165, 1.54) is 25.0 Å². The Balaban J connectivity index is 1.49. The summed E-state index contributed by atoms with van der Waals surface area (Å²) >= 11 is 0. The predicted molar refractivity (Wildman–Crippen MR) is 119 cm³/mol. The van der Waals surface area contributed by atoms with Crippen molar-refractivity contribution >= 4 is 16.7 Å². The molecule has 1 aromatic heterocycles. The number of hydrogen-bond acceptors (Lipinski definition) is 4. The average molecular weight is 401 g/mol. The van der Waals surface area contributed by atoms with Crippen LogP contribution in [0.4, 0.5) is 5.69 Å². The van der Waals surface area contributed by atoms with Crippen LogP contribution in [-0.4, -0.2) is 21.5 Å². The Kier molecular flexibility index (Phi) is 5.75. The van der Waals surface area contributed by atoms with Gasteiger partial charge in [0.25, 0.3) is 5.69 Å². The molecule has 0 bridgehead atoms. The van der Waals surface area contributed by atoms with Crippen LogP contribution in [0.2, 0.25) is 0 Å². The van der Waals surface area contributed by atoms with Gasteiger partial charge in [-0.05, 0) is 35.7 Å². The number of nitrogens with one attached hydrogen (secondary N) is 1. The number of rotatable bonds is 8. The molecular weight excluding hydrogens is 378 g/mol. The van der Waals surface area contributed by atoms with Crippen molar-refractivity contribution in [2.45, 2.75) is 26.2 Å². The fourth-order valence-electron chi connectivity index (χ4n) is 3.35. The minimum atomic E-state index is -0.406. The number of nitro groups is 1. The van der Waals surface area contributed by atoms with Crippen molar-refractivity contribution in [3.63, 3.8) is 0 Å². The first-order chi connectivity index (χ1) is 14.6. The number of H-pyrrole nitrogens is 1. The van der Waals surface area contributed by atoms with E-state index in [1.54, 1.807) is 6.07 Å². The molecule has 0 saturated carbocycles. The van der Waals surface area contributed by atoms with E-state index in [0.29, 0.717) is 16.9 Å². The van der Waals surface area contributed by atoms with Crippen LogP contribution in [-0.2, 0) is 0 Å². The summed E-state index contributed by atoms with van der Waals surface area (Å²) in [6.07, 6.45) is 3.45. The summed E-state index contributed by atoms with van der Waals surface area (Å²) < 4.78 is 5.77. The quantitative estimate of drug-likeness (QED) is 0.211. The topological polar surface area (TPSA) is 81.1 Å². The first-order valence-electron chi connectivity index (χ1n) is 10.1. The van der Waals surface area contributed by atoms with E-state index in [1.807, 2.05) is 36.4 Å². The van der Waals surface area contributed by atoms with Gasteiger partial charge in [-0.2, -0.15) is 0 Å². The van der Waals surface area contributed by atoms with E-state index >= 15 is 0 Å². The van der Waals surface area contributed by atoms with E-state index in [9.17, 15) is 10.1 Å². The first kappa shape index (κ1) is 19.6. The third-order valence-corrected chi connectivity index (χ3v) is 5.04. The van der Waals surface area contributed by atoms with E-state index in [2.05, 4.69) is 29.0 Å². The molecule has 0 aliphatic carbocycles. The predicted octanol–water partition coefficient (Wildman–Crippen LogP) is 6.37. The molecule has 6 heteroatoms. The van der Waals surface area contributed by atoms with E-state index in [4.69, 9.17) is 4.74 Å². The lowest BCUT2D eigenvalue weighted by atomic mass is 10.0. The summed E-state index contributed by atoms with van der Waals surface area (Å²) in [6.45, 7) is 2.93. The van der Waals surface area contributed by atoms with Crippen LogP contribution in [0.15, 0.2) is 66.7 Å². The maximum atomic E-state index is 11.0. The number of fused-ring (bicyclic) bond motifs is 1.